The van der Waals surface area contributed by atoms with Crippen LogP contribution in [0.1, 0.15) is 39.5 Å². The normalized spacial score (nSPS) is 12.0. The van der Waals surface area contributed by atoms with Crippen molar-refractivity contribution in [2.24, 2.45) is 5.73 Å². The van der Waals surface area contributed by atoms with Gasteiger partial charge in [0.05, 0.1) is 0 Å². The first kappa shape index (κ1) is 8.54. The summed E-state index contributed by atoms with van der Waals surface area (Å²) < 4.78 is 0. The van der Waals surface area contributed by atoms with Crippen LogP contribution in [0, 0.1) is 0 Å². The van der Waals surface area contributed by atoms with Crippen LogP contribution in [0.3, 0.4) is 0 Å². The van der Waals surface area contributed by atoms with Gasteiger partial charge in [0.15, 0.2) is 0 Å². The second-order valence-electron chi connectivity index (χ2n) is 2.29. The summed E-state index contributed by atoms with van der Waals surface area (Å²) in [6.07, 6.45) is 6.69. The molecule has 1 nitrogen and oxygen atoms in total. The van der Waals surface area contributed by atoms with E-state index in [0.29, 0.717) is 0 Å². The number of allylic oxidation sites excluding steroid dienone is 2. The largest absolute Gasteiger partial charge is 0.402 e. The van der Waals surface area contributed by atoms with Crippen LogP contribution >= 0.6 is 0 Å². The third kappa shape index (κ3) is 5.41. The van der Waals surface area contributed by atoms with Crippen molar-refractivity contribution in [1.29, 1.82) is 0 Å². The first-order valence-corrected chi connectivity index (χ1v) is 3.75. The second-order valence-corrected chi connectivity index (χ2v) is 2.29. The maximum Gasteiger partial charge on any atom is 0.00398 e. The van der Waals surface area contributed by atoms with E-state index in [2.05, 4.69) is 19.9 Å². The highest BCUT2D eigenvalue weighted by molar-refractivity contribution is 4.94. The topological polar surface area (TPSA) is 26.0 Å². The van der Waals surface area contributed by atoms with Crippen molar-refractivity contribution in [2.75, 3.05) is 0 Å². The van der Waals surface area contributed by atoms with E-state index in [-0.39, 0.29) is 0 Å². The van der Waals surface area contributed by atoms with Gasteiger partial charge >= 0.3 is 0 Å². The highest BCUT2D eigenvalue weighted by Crippen LogP contribution is 2.01. The van der Waals surface area contributed by atoms with Crippen molar-refractivity contribution < 1.29 is 0 Å². The van der Waals surface area contributed by atoms with Gasteiger partial charge in [-0.15, -0.1) is 0 Å². The second kappa shape index (κ2) is 5.67. The summed E-state index contributed by atoms with van der Waals surface area (Å²) >= 11 is 0. The monoisotopic (exact) mass is 127 g/mol. The van der Waals surface area contributed by atoms with E-state index in [9.17, 15) is 0 Å². The molecule has 0 unspecified atom stereocenters. The summed E-state index contributed by atoms with van der Waals surface area (Å²) in [5.41, 5.74) is 6.69. The lowest BCUT2D eigenvalue weighted by molar-refractivity contribution is 0.777. The van der Waals surface area contributed by atoms with Crippen LogP contribution in [-0.4, -0.2) is 0 Å². The summed E-state index contributed by atoms with van der Waals surface area (Å²) in [7, 11) is 0. The van der Waals surface area contributed by atoms with Crippen LogP contribution < -0.4 is 5.73 Å². The number of hydrogen-bond donors (Lipinski definition) is 1. The lowest BCUT2D eigenvalue weighted by atomic mass is 10.2. The Labute approximate surface area is 57.9 Å². The van der Waals surface area contributed by atoms with Gasteiger partial charge in [-0.1, -0.05) is 26.3 Å². The molecular weight excluding hydrogens is 110 g/mol. The maximum atomic E-state index is 5.63. The van der Waals surface area contributed by atoms with Crippen molar-refractivity contribution in [3.63, 3.8) is 0 Å². The molecule has 0 fully saturated rings. The molecule has 0 saturated carbocycles. The molecular formula is C8H17N. The fraction of sp³-hybridized carbons (Fsp3) is 0.750. The zero-order valence-corrected chi connectivity index (χ0v) is 6.48. The van der Waals surface area contributed by atoms with E-state index < -0.39 is 0 Å². The van der Waals surface area contributed by atoms with Crippen molar-refractivity contribution in [3.8, 4) is 0 Å². The summed E-state index contributed by atoms with van der Waals surface area (Å²) in [5.74, 6) is 0. The number of unbranched alkanes of at least 4 members (excludes halogenated alkanes) is 1. The van der Waals surface area contributed by atoms with E-state index in [0.717, 1.165) is 18.5 Å². The molecule has 2 N–H and O–H groups in total. The fourth-order valence-electron chi connectivity index (χ4n) is 0.745. The molecule has 0 saturated heterocycles. The Balaban J connectivity index is 3.25. The first-order chi connectivity index (χ1) is 4.31. The number of hydrogen-bond acceptors (Lipinski definition) is 1. The molecule has 0 rings (SSSR count). The Morgan fingerprint density at radius 1 is 1.44 bits per heavy atom. The molecule has 0 aromatic rings. The average molecular weight is 127 g/mol. The van der Waals surface area contributed by atoms with E-state index in [1.165, 1.54) is 12.8 Å². The lowest BCUT2D eigenvalue weighted by Gasteiger charge is -1.96. The summed E-state index contributed by atoms with van der Waals surface area (Å²) in [6, 6.07) is 0. The molecule has 0 spiro atoms. The highest BCUT2D eigenvalue weighted by Gasteiger charge is 1.86. The summed E-state index contributed by atoms with van der Waals surface area (Å²) in [6.45, 7) is 4.29. The van der Waals surface area contributed by atoms with Gasteiger partial charge in [-0.3, -0.25) is 0 Å². The Morgan fingerprint density at radius 3 is 2.56 bits per heavy atom. The predicted octanol–water partition coefficient (Wildman–Crippen LogP) is 2.43. The molecule has 0 aromatic carbocycles. The fourth-order valence-corrected chi connectivity index (χ4v) is 0.745. The van der Waals surface area contributed by atoms with Crippen LogP contribution in [0.15, 0.2) is 11.8 Å². The SMILES string of the molecule is CC/C=C(\N)CCCC. The Kier molecular flexibility index (Phi) is 5.38. The molecule has 0 bridgehead atoms. The molecule has 0 aliphatic heterocycles. The molecule has 0 aromatic heterocycles. The standard InChI is InChI=1S/C8H17N/c1-3-5-7-8(9)6-4-2/h6H,3-5,7,9H2,1-2H3/b8-6-. The van der Waals surface area contributed by atoms with Gasteiger partial charge in [-0.05, 0) is 19.3 Å². The van der Waals surface area contributed by atoms with Crippen LogP contribution in [0.4, 0.5) is 0 Å². The number of rotatable bonds is 4. The van der Waals surface area contributed by atoms with Gasteiger partial charge in [0.1, 0.15) is 0 Å². The van der Waals surface area contributed by atoms with E-state index >= 15 is 0 Å². The molecule has 0 radical (unpaired) electrons. The molecule has 0 amide bonds. The Morgan fingerprint density at radius 2 is 2.11 bits per heavy atom. The van der Waals surface area contributed by atoms with E-state index in [1.807, 2.05) is 0 Å². The third-order valence-corrected chi connectivity index (χ3v) is 1.29. The van der Waals surface area contributed by atoms with Gasteiger partial charge in [-0.2, -0.15) is 0 Å². The molecule has 0 aliphatic carbocycles. The first-order valence-electron chi connectivity index (χ1n) is 3.75. The zero-order valence-electron chi connectivity index (χ0n) is 6.48. The van der Waals surface area contributed by atoms with Gasteiger partial charge in [0, 0.05) is 5.70 Å². The summed E-state index contributed by atoms with van der Waals surface area (Å²) in [4.78, 5) is 0. The van der Waals surface area contributed by atoms with Gasteiger partial charge < -0.3 is 5.73 Å². The Hall–Kier alpha value is -0.460. The minimum Gasteiger partial charge on any atom is -0.402 e. The molecule has 1 heteroatoms. The quantitative estimate of drug-likeness (QED) is 0.616. The van der Waals surface area contributed by atoms with Gasteiger partial charge in [0.25, 0.3) is 0 Å². The van der Waals surface area contributed by atoms with E-state index in [4.69, 9.17) is 5.73 Å². The van der Waals surface area contributed by atoms with E-state index in [1.54, 1.807) is 0 Å². The molecule has 9 heavy (non-hydrogen) atoms. The van der Waals surface area contributed by atoms with Crippen molar-refractivity contribution in [1.82, 2.24) is 0 Å². The molecule has 0 aliphatic rings. The number of nitrogens with two attached hydrogens (primary N) is 1. The van der Waals surface area contributed by atoms with Gasteiger partial charge in [-0.25, -0.2) is 0 Å². The molecule has 0 heterocycles. The Bertz CT molecular complexity index is 84.6. The van der Waals surface area contributed by atoms with Crippen molar-refractivity contribution in [3.05, 3.63) is 11.8 Å². The van der Waals surface area contributed by atoms with Crippen LogP contribution in [0.2, 0.25) is 0 Å². The maximum absolute atomic E-state index is 5.63. The van der Waals surface area contributed by atoms with Crippen LogP contribution in [0.5, 0.6) is 0 Å². The van der Waals surface area contributed by atoms with Gasteiger partial charge in [0.2, 0.25) is 0 Å². The smallest absolute Gasteiger partial charge is 0.00398 e. The summed E-state index contributed by atoms with van der Waals surface area (Å²) in [5, 5.41) is 0. The average Bonchev–Trinajstić information content (AvgIpc) is 1.85. The van der Waals surface area contributed by atoms with Crippen molar-refractivity contribution in [2.45, 2.75) is 39.5 Å². The minimum atomic E-state index is 1.05. The zero-order chi connectivity index (χ0) is 7.11. The predicted molar refractivity (Wildman–Crippen MR) is 42.1 cm³/mol. The lowest BCUT2D eigenvalue weighted by Crippen LogP contribution is -1.95. The highest BCUT2D eigenvalue weighted by atomic mass is 14.6. The van der Waals surface area contributed by atoms with Crippen LogP contribution in [0.25, 0.3) is 0 Å². The third-order valence-electron chi connectivity index (χ3n) is 1.29. The minimum absolute atomic E-state index is 1.05. The van der Waals surface area contributed by atoms with Crippen LogP contribution in [-0.2, 0) is 0 Å². The molecule has 0 atom stereocenters. The van der Waals surface area contributed by atoms with Crippen molar-refractivity contribution >= 4 is 0 Å². The molecule has 54 valence electrons.